The fraction of sp³-hybridized carbons (Fsp3) is 0.650. The summed E-state index contributed by atoms with van der Waals surface area (Å²) in [5, 5.41) is 0. The Balaban J connectivity index is 1.60. The molecular weight excluding hydrogens is 318 g/mol. The lowest BCUT2D eigenvalue weighted by atomic mass is 9.72. The van der Waals surface area contributed by atoms with Crippen molar-refractivity contribution in [3.63, 3.8) is 0 Å². The summed E-state index contributed by atoms with van der Waals surface area (Å²) < 4.78 is 16.2. The van der Waals surface area contributed by atoms with E-state index in [2.05, 4.69) is 4.90 Å². The summed E-state index contributed by atoms with van der Waals surface area (Å²) in [7, 11) is 3.41. The molecule has 2 heterocycles. The first-order valence-electron chi connectivity index (χ1n) is 9.14. The van der Waals surface area contributed by atoms with Gasteiger partial charge in [-0.3, -0.25) is 4.79 Å². The van der Waals surface area contributed by atoms with Crippen LogP contribution in [0.2, 0.25) is 0 Å². The SMILES string of the molecule is COC[C@@H]1CN(C(=O)CCc2cccc(OC)c2)CC12CCOCC2. The number of benzene rings is 1. The number of methoxy groups -OCH3 is 2. The molecule has 2 saturated heterocycles. The molecule has 25 heavy (non-hydrogen) atoms. The highest BCUT2D eigenvalue weighted by atomic mass is 16.5. The number of hydrogen-bond donors (Lipinski definition) is 0. The number of amides is 1. The maximum Gasteiger partial charge on any atom is 0.222 e. The zero-order chi connectivity index (χ0) is 17.7. The Morgan fingerprint density at radius 2 is 2.12 bits per heavy atom. The summed E-state index contributed by atoms with van der Waals surface area (Å²) in [6, 6.07) is 7.95. The summed E-state index contributed by atoms with van der Waals surface area (Å²) in [4.78, 5) is 14.8. The van der Waals surface area contributed by atoms with Crippen LogP contribution < -0.4 is 4.74 Å². The quantitative estimate of drug-likeness (QED) is 0.793. The molecule has 0 saturated carbocycles. The molecule has 0 radical (unpaired) electrons. The van der Waals surface area contributed by atoms with E-state index in [1.165, 1.54) is 0 Å². The van der Waals surface area contributed by atoms with Crippen molar-refractivity contribution >= 4 is 5.91 Å². The first-order chi connectivity index (χ1) is 12.2. The molecule has 0 N–H and O–H groups in total. The predicted molar refractivity (Wildman–Crippen MR) is 95.7 cm³/mol. The first kappa shape index (κ1) is 18.2. The molecule has 1 amide bonds. The zero-order valence-corrected chi connectivity index (χ0v) is 15.3. The fourth-order valence-electron chi connectivity index (χ4n) is 4.24. The summed E-state index contributed by atoms with van der Waals surface area (Å²) in [5.74, 6) is 1.50. The van der Waals surface area contributed by atoms with Crippen LogP contribution in [-0.4, -0.2) is 57.9 Å². The topological polar surface area (TPSA) is 48.0 Å². The molecule has 0 aromatic heterocycles. The third-order valence-corrected chi connectivity index (χ3v) is 5.78. The lowest BCUT2D eigenvalue weighted by Gasteiger charge is -2.37. The first-order valence-corrected chi connectivity index (χ1v) is 9.14. The molecule has 1 aromatic carbocycles. The van der Waals surface area contributed by atoms with Crippen molar-refractivity contribution in [3.05, 3.63) is 29.8 Å². The highest BCUT2D eigenvalue weighted by molar-refractivity contribution is 5.77. The molecule has 2 fully saturated rings. The average Bonchev–Trinajstić information content (AvgIpc) is 2.98. The molecule has 0 aliphatic carbocycles. The molecule has 1 aromatic rings. The lowest BCUT2D eigenvalue weighted by Crippen LogP contribution is -2.39. The second-order valence-corrected chi connectivity index (χ2v) is 7.25. The highest BCUT2D eigenvalue weighted by Gasteiger charge is 2.48. The Hall–Kier alpha value is -1.59. The smallest absolute Gasteiger partial charge is 0.222 e. The van der Waals surface area contributed by atoms with Gasteiger partial charge in [0.2, 0.25) is 5.91 Å². The second-order valence-electron chi connectivity index (χ2n) is 7.25. The summed E-state index contributed by atoms with van der Waals surface area (Å²) in [6.45, 7) is 3.98. The minimum Gasteiger partial charge on any atom is -0.497 e. The summed E-state index contributed by atoms with van der Waals surface area (Å²) in [5.41, 5.74) is 1.32. The third kappa shape index (κ3) is 4.15. The van der Waals surface area contributed by atoms with E-state index < -0.39 is 0 Å². The Morgan fingerprint density at radius 3 is 2.84 bits per heavy atom. The largest absolute Gasteiger partial charge is 0.497 e. The summed E-state index contributed by atoms with van der Waals surface area (Å²) in [6.07, 6.45) is 3.35. The van der Waals surface area contributed by atoms with Crippen molar-refractivity contribution < 1.29 is 19.0 Å². The van der Waals surface area contributed by atoms with Crippen LogP contribution in [0.25, 0.3) is 0 Å². The van der Waals surface area contributed by atoms with E-state index >= 15 is 0 Å². The molecule has 0 unspecified atom stereocenters. The number of carbonyl (C=O) groups is 1. The van der Waals surface area contributed by atoms with E-state index in [-0.39, 0.29) is 11.3 Å². The van der Waals surface area contributed by atoms with Crippen molar-refractivity contribution in [1.82, 2.24) is 4.90 Å². The number of aryl methyl sites for hydroxylation is 1. The minimum absolute atomic E-state index is 0.180. The number of rotatable bonds is 6. The van der Waals surface area contributed by atoms with Gasteiger partial charge < -0.3 is 19.1 Å². The molecule has 1 atom stereocenters. The molecule has 5 nitrogen and oxygen atoms in total. The lowest BCUT2D eigenvalue weighted by molar-refractivity contribution is -0.130. The molecule has 5 heteroatoms. The molecule has 2 aliphatic heterocycles. The Kier molecular flexibility index (Phi) is 5.97. The van der Waals surface area contributed by atoms with Gasteiger partial charge in [-0.25, -0.2) is 0 Å². The van der Waals surface area contributed by atoms with Gasteiger partial charge in [-0.15, -0.1) is 0 Å². The fourth-order valence-corrected chi connectivity index (χ4v) is 4.24. The van der Waals surface area contributed by atoms with E-state index in [0.29, 0.717) is 12.3 Å². The van der Waals surface area contributed by atoms with Crippen LogP contribution >= 0.6 is 0 Å². The third-order valence-electron chi connectivity index (χ3n) is 5.78. The van der Waals surface area contributed by atoms with Gasteiger partial charge in [0.05, 0.1) is 13.7 Å². The number of nitrogens with zero attached hydrogens (tertiary/aromatic N) is 1. The predicted octanol–water partition coefficient (Wildman–Crippen LogP) is 2.53. The second kappa shape index (κ2) is 8.19. The van der Waals surface area contributed by atoms with Gasteiger partial charge in [0.25, 0.3) is 0 Å². The van der Waals surface area contributed by atoms with Crippen molar-refractivity contribution in [1.29, 1.82) is 0 Å². The molecule has 138 valence electrons. The van der Waals surface area contributed by atoms with Crippen LogP contribution in [0, 0.1) is 11.3 Å². The van der Waals surface area contributed by atoms with Crippen LogP contribution in [-0.2, 0) is 20.7 Å². The van der Waals surface area contributed by atoms with Crippen molar-refractivity contribution in [3.8, 4) is 5.75 Å². The highest BCUT2D eigenvalue weighted by Crippen LogP contribution is 2.44. The van der Waals surface area contributed by atoms with Gasteiger partial charge in [-0.05, 0) is 42.4 Å². The van der Waals surface area contributed by atoms with Crippen LogP contribution in [0.3, 0.4) is 0 Å². The molecule has 1 spiro atoms. The van der Waals surface area contributed by atoms with Crippen molar-refractivity contribution in [2.75, 3.05) is 47.1 Å². The van der Waals surface area contributed by atoms with E-state index in [9.17, 15) is 4.79 Å². The number of carbonyl (C=O) groups excluding carboxylic acids is 1. The van der Waals surface area contributed by atoms with E-state index in [4.69, 9.17) is 14.2 Å². The normalized spacial score (nSPS) is 22.3. The van der Waals surface area contributed by atoms with Gasteiger partial charge in [-0.1, -0.05) is 12.1 Å². The molecular formula is C20H29NO4. The van der Waals surface area contributed by atoms with Crippen molar-refractivity contribution in [2.45, 2.75) is 25.7 Å². The molecule has 3 rings (SSSR count). The minimum atomic E-state index is 0.180. The van der Waals surface area contributed by atoms with Gasteiger partial charge >= 0.3 is 0 Å². The van der Waals surface area contributed by atoms with Gasteiger partial charge in [-0.2, -0.15) is 0 Å². The number of hydrogen-bond acceptors (Lipinski definition) is 4. The Labute approximate surface area is 150 Å². The Morgan fingerprint density at radius 1 is 1.32 bits per heavy atom. The maximum atomic E-state index is 12.8. The monoisotopic (exact) mass is 347 g/mol. The summed E-state index contributed by atoms with van der Waals surface area (Å²) >= 11 is 0. The Bertz CT molecular complexity index is 583. The van der Waals surface area contributed by atoms with Gasteiger partial charge in [0, 0.05) is 45.8 Å². The van der Waals surface area contributed by atoms with E-state index in [1.807, 2.05) is 24.3 Å². The van der Waals surface area contributed by atoms with Crippen LogP contribution in [0.1, 0.15) is 24.8 Å². The average molecular weight is 347 g/mol. The molecule has 2 aliphatic rings. The standard InChI is InChI=1S/C20H29NO4/c1-23-14-17-13-21(15-20(17)8-10-25-11-9-20)19(22)7-6-16-4-3-5-18(12-16)24-2/h3-5,12,17H,6-11,13-15H2,1-2H3/t17-/m0/s1. The van der Waals surface area contributed by atoms with Gasteiger partial charge in [0.1, 0.15) is 5.75 Å². The number of ether oxygens (including phenoxy) is 3. The number of likely N-dealkylation sites (tertiary alicyclic amines) is 1. The van der Waals surface area contributed by atoms with Gasteiger partial charge in [0.15, 0.2) is 0 Å². The molecule has 0 bridgehead atoms. The van der Waals surface area contributed by atoms with E-state index in [0.717, 1.165) is 63.5 Å². The van der Waals surface area contributed by atoms with Crippen LogP contribution in [0.5, 0.6) is 5.75 Å². The maximum absolute atomic E-state index is 12.8. The van der Waals surface area contributed by atoms with Crippen LogP contribution in [0.15, 0.2) is 24.3 Å². The zero-order valence-electron chi connectivity index (χ0n) is 15.3. The van der Waals surface area contributed by atoms with E-state index in [1.54, 1.807) is 14.2 Å². The van der Waals surface area contributed by atoms with Crippen molar-refractivity contribution in [2.24, 2.45) is 11.3 Å². The van der Waals surface area contributed by atoms with Crippen LogP contribution in [0.4, 0.5) is 0 Å².